The van der Waals surface area contributed by atoms with E-state index in [1.54, 1.807) is 10.9 Å². The fraction of sp³-hybridized carbons (Fsp3) is 0.556. The molecule has 2 amide bonds. The first-order valence-corrected chi connectivity index (χ1v) is 5.96. The molecule has 1 aliphatic rings. The SMILES string of the molecule is Cn1cnnc1SCC1CCC(=O)NC1=O. The summed E-state index contributed by atoms with van der Waals surface area (Å²) in [4.78, 5) is 22.4. The molecule has 0 aromatic carbocycles. The van der Waals surface area contributed by atoms with E-state index in [1.807, 2.05) is 7.05 Å². The van der Waals surface area contributed by atoms with E-state index in [0.717, 1.165) is 5.16 Å². The van der Waals surface area contributed by atoms with E-state index < -0.39 is 0 Å². The average Bonchev–Trinajstić information content (AvgIpc) is 2.63. The summed E-state index contributed by atoms with van der Waals surface area (Å²) in [5.74, 6) is 0.168. The molecule has 1 fully saturated rings. The monoisotopic (exact) mass is 240 g/mol. The van der Waals surface area contributed by atoms with Gasteiger partial charge in [0.1, 0.15) is 6.33 Å². The number of rotatable bonds is 3. The number of carbonyl (C=O) groups is 2. The lowest BCUT2D eigenvalue weighted by Gasteiger charge is -2.19. The van der Waals surface area contributed by atoms with E-state index in [2.05, 4.69) is 15.5 Å². The number of hydrogen-bond donors (Lipinski definition) is 1. The number of nitrogens with one attached hydrogen (secondary N) is 1. The predicted octanol–water partition coefficient (Wildman–Crippen LogP) is -0.0400. The summed E-state index contributed by atoms with van der Waals surface area (Å²) in [6.07, 6.45) is 2.66. The van der Waals surface area contributed by atoms with E-state index in [4.69, 9.17) is 0 Å². The van der Waals surface area contributed by atoms with Gasteiger partial charge >= 0.3 is 0 Å². The average molecular weight is 240 g/mol. The van der Waals surface area contributed by atoms with Gasteiger partial charge in [0.15, 0.2) is 5.16 Å². The lowest BCUT2D eigenvalue weighted by atomic mass is 10.0. The topological polar surface area (TPSA) is 76.9 Å². The van der Waals surface area contributed by atoms with Crippen LogP contribution in [0.3, 0.4) is 0 Å². The molecule has 1 atom stereocenters. The molecule has 16 heavy (non-hydrogen) atoms. The van der Waals surface area contributed by atoms with Crippen molar-refractivity contribution in [1.82, 2.24) is 20.1 Å². The largest absolute Gasteiger partial charge is 0.312 e. The van der Waals surface area contributed by atoms with Crippen molar-refractivity contribution in [3.63, 3.8) is 0 Å². The molecule has 1 N–H and O–H groups in total. The normalized spacial score (nSPS) is 20.9. The molecule has 0 radical (unpaired) electrons. The highest BCUT2D eigenvalue weighted by molar-refractivity contribution is 7.99. The van der Waals surface area contributed by atoms with Gasteiger partial charge in [-0.25, -0.2) is 0 Å². The Bertz CT molecular complexity index is 417. The van der Waals surface area contributed by atoms with Crippen molar-refractivity contribution in [2.45, 2.75) is 18.0 Å². The molecule has 2 heterocycles. The van der Waals surface area contributed by atoms with Gasteiger partial charge in [0.25, 0.3) is 0 Å². The van der Waals surface area contributed by atoms with Gasteiger partial charge in [0.2, 0.25) is 11.8 Å². The van der Waals surface area contributed by atoms with Gasteiger partial charge in [-0.05, 0) is 6.42 Å². The third-order valence-corrected chi connectivity index (χ3v) is 3.63. The van der Waals surface area contributed by atoms with Crippen LogP contribution in [0.4, 0.5) is 0 Å². The Morgan fingerprint density at radius 2 is 2.44 bits per heavy atom. The van der Waals surface area contributed by atoms with Crippen LogP contribution in [0.5, 0.6) is 0 Å². The summed E-state index contributed by atoms with van der Waals surface area (Å²) in [7, 11) is 1.85. The predicted molar refractivity (Wildman–Crippen MR) is 57.6 cm³/mol. The fourth-order valence-electron chi connectivity index (χ4n) is 1.48. The van der Waals surface area contributed by atoms with Crippen LogP contribution in [0.25, 0.3) is 0 Å². The van der Waals surface area contributed by atoms with Crippen LogP contribution in [-0.2, 0) is 16.6 Å². The first-order valence-electron chi connectivity index (χ1n) is 4.97. The summed E-state index contributed by atoms with van der Waals surface area (Å²) in [5.41, 5.74) is 0. The minimum atomic E-state index is -0.176. The Morgan fingerprint density at radius 1 is 1.62 bits per heavy atom. The molecule has 7 heteroatoms. The third-order valence-electron chi connectivity index (χ3n) is 2.44. The Labute approximate surface area is 96.8 Å². The molecule has 86 valence electrons. The number of amides is 2. The minimum absolute atomic E-state index is 0.112. The van der Waals surface area contributed by atoms with Crippen LogP contribution >= 0.6 is 11.8 Å². The highest BCUT2D eigenvalue weighted by Crippen LogP contribution is 2.22. The number of piperidine rings is 1. The second-order valence-electron chi connectivity index (χ2n) is 3.68. The quantitative estimate of drug-likeness (QED) is 0.592. The lowest BCUT2D eigenvalue weighted by Crippen LogP contribution is -2.41. The van der Waals surface area contributed by atoms with Gasteiger partial charge < -0.3 is 4.57 Å². The maximum atomic E-state index is 11.5. The zero-order valence-corrected chi connectivity index (χ0v) is 9.66. The van der Waals surface area contributed by atoms with Crippen LogP contribution in [0.1, 0.15) is 12.8 Å². The molecule has 6 nitrogen and oxygen atoms in total. The summed E-state index contributed by atoms with van der Waals surface area (Å²) in [6, 6.07) is 0. The molecule has 2 rings (SSSR count). The third kappa shape index (κ3) is 2.41. The molecular formula is C9H12N4O2S. The van der Waals surface area contributed by atoms with Crippen LogP contribution in [-0.4, -0.2) is 32.3 Å². The first kappa shape index (κ1) is 11.1. The maximum absolute atomic E-state index is 11.5. The Balaban J connectivity index is 1.89. The number of aryl methyl sites for hydroxylation is 1. The van der Waals surface area contributed by atoms with E-state index >= 15 is 0 Å². The van der Waals surface area contributed by atoms with Crippen molar-refractivity contribution in [2.75, 3.05) is 5.75 Å². The van der Waals surface area contributed by atoms with Gasteiger partial charge in [-0.2, -0.15) is 0 Å². The smallest absolute Gasteiger partial charge is 0.230 e. The second-order valence-corrected chi connectivity index (χ2v) is 4.67. The van der Waals surface area contributed by atoms with Crippen molar-refractivity contribution in [1.29, 1.82) is 0 Å². The van der Waals surface area contributed by atoms with E-state index in [0.29, 0.717) is 18.6 Å². The van der Waals surface area contributed by atoms with Gasteiger partial charge in [0, 0.05) is 25.1 Å². The lowest BCUT2D eigenvalue weighted by molar-refractivity contribution is -0.135. The number of aromatic nitrogens is 3. The molecule has 1 unspecified atom stereocenters. The van der Waals surface area contributed by atoms with Crippen LogP contribution < -0.4 is 5.32 Å². The molecule has 0 spiro atoms. The maximum Gasteiger partial charge on any atom is 0.230 e. The van der Waals surface area contributed by atoms with Crippen molar-refractivity contribution < 1.29 is 9.59 Å². The van der Waals surface area contributed by atoms with E-state index in [9.17, 15) is 9.59 Å². The number of hydrogen-bond acceptors (Lipinski definition) is 5. The Morgan fingerprint density at radius 3 is 3.06 bits per heavy atom. The molecule has 1 aromatic heterocycles. The Kier molecular flexibility index (Phi) is 3.23. The zero-order valence-electron chi connectivity index (χ0n) is 8.84. The van der Waals surface area contributed by atoms with Crippen molar-refractivity contribution in [2.24, 2.45) is 13.0 Å². The van der Waals surface area contributed by atoms with Crippen LogP contribution in [0.2, 0.25) is 0 Å². The van der Waals surface area contributed by atoms with Crippen molar-refractivity contribution >= 4 is 23.6 Å². The summed E-state index contributed by atoms with van der Waals surface area (Å²) in [5, 5.41) is 10.8. The second kappa shape index (κ2) is 4.65. The highest BCUT2D eigenvalue weighted by atomic mass is 32.2. The molecule has 1 aromatic rings. The van der Waals surface area contributed by atoms with E-state index in [1.165, 1.54) is 11.8 Å². The molecule has 1 aliphatic heterocycles. The molecule has 0 aliphatic carbocycles. The van der Waals surface area contributed by atoms with Gasteiger partial charge in [0.05, 0.1) is 0 Å². The van der Waals surface area contributed by atoms with Crippen molar-refractivity contribution in [3.8, 4) is 0 Å². The number of nitrogens with zero attached hydrogens (tertiary/aromatic N) is 3. The molecular weight excluding hydrogens is 228 g/mol. The standard InChI is InChI=1S/C9H12N4O2S/c1-13-5-10-12-9(13)16-4-6-2-3-7(14)11-8(6)15/h5-6H,2-4H2,1H3,(H,11,14,15). The van der Waals surface area contributed by atoms with Crippen LogP contribution in [0.15, 0.2) is 11.5 Å². The Hall–Kier alpha value is -1.37. The summed E-state index contributed by atoms with van der Waals surface area (Å²) in [6.45, 7) is 0. The summed E-state index contributed by atoms with van der Waals surface area (Å²) < 4.78 is 1.80. The molecule has 0 bridgehead atoms. The van der Waals surface area contributed by atoms with Crippen molar-refractivity contribution in [3.05, 3.63) is 6.33 Å². The highest BCUT2D eigenvalue weighted by Gasteiger charge is 2.26. The minimum Gasteiger partial charge on any atom is -0.312 e. The summed E-state index contributed by atoms with van der Waals surface area (Å²) >= 11 is 1.48. The van der Waals surface area contributed by atoms with Crippen LogP contribution in [0, 0.1) is 5.92 Å². The molecule has 0 saturated carbocycles. The zero-order chi connectivity index (χ0) is 11.5. The van der Waals surface area contributed by atoms with E-state index in [-0.39, 0.29) is 17.7 Å². The number of thioether (sulfide) groups is 1. The molecule has 1 saturated heterocycles. The number of imide groups is 1. The fourth-order valence-corrected chi connectivity index (χ4v) is 2.50. The van der Waals surface area contributed by atoms with Gasteiger partial charge in [-0.3, -0.25) is 14.9 Å². The first-order chi connectivity index (χ1) is 7.66. The van der Waals surface area contributed by atoms with Gasteiger partial charge in [-0.1, -0.05) is 11.8 Å². The number of carbonyl (C=O) groups excluding carboxylic acids is 2. The van der Waals surface area contributed by atoms with Gasteiger partial charge in [-0.15, -0.1) is 10.2 Å².